The maximum Gasteiger partial charge on any atom is 0.258 e. The van der Waals surface area contributed by atoms with Gasteiger partial charge in [0.05, 0.1) is 35.7 Å². The van der Waals surface area contributed by atoms with Gasteiger partial charge in [0.1, 0.15) is 23.1 Å². The highest BCUT2D eigenvalue weighted by atomic mass is 35.5. The molecule has 1 saturated heterocycles. The van der Waals surface area contributed by atoms with Crippen LogP contribution in [-0.4, -0.2) is 74.8 Å². The largest absolute Gasteiger partial charge is 0.383 e. The number of allylic oxidation sites excluding steroid dienone is 2. The zero-order chi connectivity index (χ0) is 29.4. The van der Waals surface area contributed by atoms with Gasteiger partial charge in [-0.2, -0.15) is 0 Å². The Kier molecular flexibility index (Phi) is 10.5. The molecule has 40 heavy (non-hydrogen) atoms. The Hall–Kier alpha value is -3.67. The van der Waals surface area contributed by atoms with Crippen LogP contribution in [0, 0.1) is 5.41 Å². The maximum absolute atomic E-state index is 13.3. The lowest BCUT2D eigenvalue weighted by atomic mass is 9.89. The lowest BCUT2D eigenvalue weighted by Crippen LogP contribution is -2.41. The molecule has 2 heterocycles. The number of morpholine rings is 1. The zero-order valence-electron chi connectivity index (χ0n) is 23.3. The summed E-state index contributed by atoms with van der Waals surface area (Å²) in [5.74, 6) is 0.597. The van der Waals surface area contributed by atoms with Crippen molar-refractivity contribution in [2.75, 3.05) is 45.7 Å². The molecule has 0 atom stereocenters. The fourth-order valence-corrected chi connectivity index (χ4v) is 4.30. The van der Waals surface area contributed by atoms with Gasteiger partial charge in [0.15, 0.2) is 0 Å². The zero-order valence-corrected chi connectivity index (χ0v) is 24.8. The highest BCUT2D eigenvalue weighted by Crippen LogP contribution is 2.31. The van der Waals surface area contributed by atoms with Crippen molar-refractivity contribution in [2.45, 2.75) is 20.8 Å². The number of halogens is 2. The van der Waals surface area contributed by atoms with Gasteiger partial charge in [-0.1, -0.05) is 50.6 Å². The van der Waals surface area contributed by atoms with Gasteiger partial charge in [-0.15, -0.1) is 0 Å². The molecule has 0 spiro atoms. The van der Waals surface area contributed by atoms with Crippen molar-refractivity contribution in [3.63, 3.8) is 0 Å². The first kappa shape index (κ1) is 30.9. The molecule has 1 amide bonds. The Labute approximate surface area is 244 Å². The second-order valence-electron chi connectivity index (χ2n) is 9.79. The van der Waals surface area contributed by atoms with Crippen LogP contribution in [0.25, 0.3) is 0 Å². The molecule has 1 aromatic rings. The molecule has 0 aliphatic carbocycles. The van der Waals surface area contributed by atoms with Crippen LogP contribution >= 0.6 is 23.2 Å². The molecule has 13 heteroatoms. The van der Waals surface area contributed by atoms with Gasteiger partial charge >= 0.3 is 0 Å². The molecule has 2 aliphatic rings. The monoisotopic (exact) mass is 587 g/mol. The number of guanidine groups is 1. The summed E-state index contributed by atoms with van der Waals surface area (Å²) >= 11 is 13.1. The fourth-order valence-electron chi connectivity index (χ4n) is 3.84. The van der Waals surface area contributed by atoms with E-state index < -0.39 is 5.91 Å². The number of aliphatic imine (C=N–C) groups is 4. The normalized spacial score (nSPS) is 18.8. The molecule has 1 fully saturated rings. The number of rotatable bonds is 7. The van der Waals surface area contributed by atoms with Crippen LogP contribution in [0.2, 0.25) is 10.0 Å². The number of hydrogen-bond donors (Lipinski definition) is 4. The van der Waals surface area contributed by atoms with Crippen LogP contribution in [0.1, 0.15) is 31.1 Å². The Balaban J connectivity index is 1.95. The van der Waals surface area contributed by atoms with E-state index >= 15 is 0 Å². The van der Waals surface area contributed by atoms with E-state index in [0.717, 1.165) is 5.71 Å². The van der Waals surface area contributed by atoms with E-state index in [-0.39, 0.29) is 26.8 Å². The van der Waals surface area contributed by atoms with Crippen LogP contribution < -0.4 is 21.7 Å². The number of nitrogens with zero attached hydrogens (tertiary/aromatic N) is 5. The third kappa shape index (κ3) is 7.71. The molecular formula is C27H35Cl2N9O2. The van der Waals surface area contributed by atoms with Crippen LogP contribution in [0.15, 0.2) is 68.3 Å². The number of anilines is 1. The summed E-state index contributed by atoms with van der Waals surface area (Å²) in [4.78, 5) is 32.9. The lowest BCUT2D eigenvalue weighted by molar-refractivity contribution is 0.0676. The fraction of sp³-hybridized carbons (Fsp3) is 0.370. The van der Waals surface area contributed by atoms with Crippen molar-refractivity contribution >= 4 is 58.4 Å². The summed E-state index contributed by atoms with van der Waals surface area (Å²) in [6.45, 7) is 12.2. The molecule has 2 aliphatic heterocycles. The SMILES string of the molecule is C=C/N=C1/C=NC(N2CCOCC2)=N/C1=C(/N)Nc1cc(Cl)cc(C(=O)N/C(=C/C(=N\C)C(C)(C)C)NC)c1Cl. The minimum atomic E-state index is -0.474. The van der Waals surface area contributed by atoms with Crippen molar-refractivity contribution < 1.29 is 9.53 Å². The van der Waals surface area contributed by atoms with Crippen LogP contribution in [-0.2, 0) is 4.74 Å². The van der Waals surface area contributed by atoms with Gasteiger partial charge in [0, 0.05) is 55.6 Å². The molecule has 1 aromatic carbocycles. The third-order valence-electron chi connectivity index (χ3n) is 5.90. The summed E-state index contributed by atoms with van der Waals surface area (Å²) in [5.41, 5.74) is 8.23. The molecular weight excluding hydrogens is 553 g/mol. The molecule has 5 N–H and O–H groups in total. The lowest BCUT2D eigenvalue weighted by Gasteiger charge is -2.29. The number of benzene rings is 1. The number of amides is 1. The number of nitrogens with two attached hydrogens (primary N) is 1. The average Bonchev–Trinajstić information content (AvgIpc) is 2.92. The first-order chi connectivity index (χ1) is 19.0. The first-order valence-electron chi connectivity index (χ1n) is 12.6. The van der Waals surface area contributed by atoms with E-state index in [1.807, 2.05) is 25.7 Å². The number of nitrogens with one attached hydrogen (secondary N) is 3. The number of carbonyl (C=O) groups excluding carboxylic acids is 1. The molecule has 214 valence electrons. The Bertz CT molecular complexity index is 1330. The van der Waals surface area contributed by atoms with E-state index in [0.29, 0.717) is 55.2 Å². The summed E-state index contributed by atoms with van der Waals surface area (Å²) in [6, 6.07) is 3.05. The molecule has 0 saturated carbocycles. The topological polar surface area (TPSA) is 141 Å². The second kappa shape index (κ2) is 13.6. The highest BCUT2D eigenvalue weighted by Gasteiger charge is 2.23. The predicted octanol–water partition coefficient (Wildman–Crippen LogP) is 3.80. The minimum absolute atomic E-state index is 0.116. The van der Waals surface area contributed by atoms with E-state index in [1.54, 1.807) is 32.5 Å². The number of carbonyl (C=O) groups is 1. The van der Waals surface area contributed by atoms with Gasteiger partial charge in [-0.05, 0) is 12.1 Å². The Morgan fingerprint density at radius 3 is 2.55 bits per heavy atom. The minimum Gasteiger partial charge on any atom is -0.383 e. The Morgan fingerprint density at radius 2 is 1.95 bits per heavy atom. The van der Waals surface area contributed by atoms with Crippen molar-refractivity contribution in [3.8, 4) is 0 Å². The molecule has 0 unspecified atom stereocenters. The molecule has 11 nitrogen and oxygen atoms in total. The predicted molar refractivity (Wildman–Crippen MR) is 165 cm³/mol. The first-order valence-corrected chi connectivity index (χ1v) is 13.3. The van der Waals surface area contributed by atoms with Crippen LogP contribution in [0.4, 0.5) is 5.69 Å². The number of ether oxygens (including phenoxy) is 1. The van der Waals surface area contributed by atoms with E-state index in [1.165, 1.54) is 12.3 Å². The van der Waals surface area contributed by atoms with E-state index in [4.69, 9.17) is 33.7 Å². The summed E-state index contributed by atoms with van der Waals surface area (Å²) in [7, 11) is 3.40. The molecule has 0 radical (unpaired) electrons. The average molecular weight is 589 g/mol. The van der Waals surface area contributed by atoms with Crippen molar-refractivity contribution in [1.82, 2.24) is 15.5 Å². The van der Waals surface area contributed by atoms with Crippen LogP contribution in [0.3, 0.4) is 0 Å². The molecule has 3 rings (SSSR count). The molecule has 0 bridgehead atoms. The molecule has 0 aromatic heterocycles. The van der Waals surface area contributed by atoms with Gasteiger partial charge in [0.2, 0.25) is 5.96 Å². The Morgan fingerprint density at radius 1 is 1.25 bits per heavy atom. The van der Waals surface area contributed by atoms with Gasteiger partial charge < -0.3 is 31.3 Å². The van der Waals surface area contributed by atoms with E-state index in [2.05, 4.69) is 42.5 Å². The number of hydrogen-bond acceptors (Lipinski definition) is 10. The second-order valence-corrected chi connectivity index (χ2v) is 10.6. The van der Waals surface area contributed by atoms with Gasteiger partial charge in [0.25, 0.3) is 5.91 Å². The summed E-state index contributed by atoms with van der Waals surface area (Å²) < 4.78 is 5.42. The standard InChI is InChI=1S/C27H35Cl2N9O2/c1-7-33-19-15-34-26(38-8-10-40-11-9-38)37-23(19)24(30)35-18-13-16(28)12-17(22(18)29)25(39)36-21(32-6)14-20(31-5)27(2,3)4/h7,12-15,32,35H,1,8-11,30H2,2-6H3,(H,36,39)/b21-14+,24-23-,31-20+,33-19-. The smallest absolute Gasteiger partial charge is 0.258 e. The van der Waals surface area contributed by atoms with Crippen molar-refractivity contribution in [3.05, 3.63) is 63.9 Å². The third-order valence-corrected chi connectivity index (χ3v) is 6.52. The van der Waals surface area contributed by atoms with Crippen molar-refractivity contribution in [1.29, 1.82) is 0 Å². The maximum atomic E-state index is 13.3. The summed E-state index contributed by atoms with van der Waals surface area (Å²) in [6.07, 6.45) is 4.71. The van der Waals surface area contributed by atoms with Crippen LogP contribution in [0.5, 0.6) is 0 Å². The summed E-state index contributed by atoms with van der Waals surface area (Å²) in [5, 5.41) is 9.24. The van der Waals surface area contributed by atoms with E-state index in [9.17, 15) is 4.79 Å². The highest BCUT2D eigenvalue weighted by molar-refractivity contribution is 6.41. The van der Waals surface area contributed by atoms with Gasteiger partial charge in [-0.3, -0.25) is 14.8 Å². The van der Waals surface area contributed by atoms with Crippen molar-refractivity contribution in [2.24, 2.45) is 31.1 Å². The van der Waals surface area contributed by atoms with Gasteiger partial charge in [-0.25, -0.2) is 9.98 Å². The quantitative estimate of drug-likeness (QED) is 0.357.